The first-order valence-electron chi connectivity index (χ1n) is 7.13. The van der Waals surface area contributed by atoms with Gasteiger partial charge in [0.25, 0.3) is 5.89 Å². The van der Waals surface area contributed by atoms with Crippen molar-refractivity contribution in [1.82, 2.24) is 15.1 Å². The van der Waals surface area contributed by atoms with Crippen LogP contribution in [0.4, 0.5) is 0 Å². The number of aromatic nitrogens is 3. The van der Waals surface area contributed by atoms with Gasteiger partial charge in [-0.1, -0.05) is 5.16 Å². The van der Waals surface area contributed by atoms with Gasteiger partial charge in [0.1, 0.15) is 17.0 Å². The van der Waals surface area contributed by atoms with E-state index in [1.54, 1.807) is 12.2 Å². The maximum Gasteiger partial charge on any atom is 0.251 e. The first-order valence-corrected chi connectivity index (χ1v) is 7.13. The fourth-order valence-corrected chi connectivity index (χ4v) is 2.30. The predicted molar refractivity (Wildman–Crippen MR) is 84.4 cm³/mol. The molecule has 4 aromatic rings. The SMILES string of the molecule is Cc1ccc(C=Cc2nc(-c3ccc4oc(C)nc4c3)no2)o1. The van der Waals surface area contributed by atoms with Gasteiger partial charge in [0.15, 0.2) is 11.5 Å². The van der Waals surface area contributed by atoms with Crippen molar-refractivity contribution in [3.8, 4) is 11.4 Å². The fraction of sp³-hybridized carbons (Fsp3) is 0.118. The van der Waals surface area contributed by atoms with Crippen LogP contribution in [0.2, 0.25) is 0 Å². The van der Waals surface area contributed by atoms with E-state index in [9.17, 15) is 0 Å². The molecule has 0 fully saturated rings. The van der Waals surface area contributed by atoms with E-state index in [1.165, 1.54) is 0 Å². The molecule has 0 saturated heterocycles. The van der Waals surface area contributed by atoms with E-state index in [4.69, 9.17) is 13.4 Å². The predicted octanol–water partition coefficient (Wildman–Crippen LogP) is 4.26. The number of oxazole rings is 1. The molecule has 6 nitrogen and oxygen atoms in total. The van der Waals surface area contributed by atoms with Gasteiger partial charge in [0.05, 0.1) is 0 Å². The molecule has 0 aliphatic rings. The standard InChI is InChI=1S/C17H13N3O3/c1-10-3-5-13(21-10)6-8-16-19-17(20-23-16)12-4-7-15-14(9-12)18-11(2)22-15/h3-9H,1-2H3. The third kappa shape index (κ3) is 2.66. The smallest absolute Gasteiger partial charge is 0.251 e. The van der Waals surface area contributed by atoms with E-state index in [2.05, 4.69) is 15.1 Å². The Morgan fingerprint density at radius 1 is 0.957 bits per heavy atom. The lowest BCUT2D eigenvalue weighted by atomic mass is 10.2. The van der Waals surface area contributed by atoms with Gasteiger partial charge in [-0.25, -0.2) is 4.98 Å². The molecule has 0 spiro atoms. The number of hydrogen-bond donors (Lipinski definition) is 0. The number of nitrogens with zero attached hydrogens (tertiary/aromatic N) is 3. The maximum atomic E-state index is 5.46. The Kier molecular flexibility index (Phi) is 3.08. The van der Waals surface area contributed by atoms with E-state index in [0.717, 1.165) is 28.2 Å². The maximum absolute atomic E-state index is 5.46. The molecule has 0 atom stereocenters. The molecule has 3 aromatic heterocycles. The molecule has 0 aliphatic heterocycles. The summed E-state index contributed by atoms with van der Waals surface area (Å²) >= 11 is 0. The van der Waals surface area contributed by atoms with Crippen molar-refractivity contribution < 1.29 is 13.4 Å². The average Bonchev–Trinajstić information content (AvgIpc) is 3.23. The second kappa shape index (κ2) is 5.24. The van der Waals surface area contributed by atoms with E-state index < -0.39 is 0 Å². The zero-order chi connectivity index (χ0) is 15.8. The summed E-state index contributed by atoms with van der Waals surface area (Å²) in [6.07, 6.45) is 3.50. The summed E-state index contributed by atoms with van der Waals surface area (Å²) < 4.78 is 16.1. The average molecular weight is 307 g/mol. The van der Waals surface area contributed by atoms with Gasteiger partial charge in [0.2, 0.25) is 5.82 Å². The quantitative estimate of drug-likeness (QED) is 0.563. The zero-order valence-electron chi connectivity index (χ0n) is 12.6. The third-order valence-electron chi connectivity index (χ3n) is 3.35. The molecule has 0 saturated carbocycles. The topological polar surface area (TPSA) is 78.1 Å². The Morgan fingerprint density at radius 2 is 1.87 bits per heavy atom. The van der Waals surface area contributed by atoms with E-state index >= 15 is 0 Å². The van der Waals surface area contributed by atoms with Crippen molar-refractivity contribution in [1.29, 1.82) is 0 Å². The minimum atomic E-state index is 0.408. The van der Waals surface area contributed by atoms with Crippen molar-refractivity contribution in [2.45, 2.75) is 13.8 Å². The van der Waals surface area contributed by atoms with Crippen LogP contribution in [0, 0.1) is 13.8 Å². The molecule has 0 amide bonds. The van der Waals surface area contributed by atoms with Crippen LogP contribution in [-0.2, 0) is 0 Å². The highest BCUT2D eigenvalue weighted by Gasteiger charge is 2.10. The molecule has 23 heavy (non-hydrogen) atoms. The molecule has 1 aromatic carbocycles. The van der Waals surface area contributed by atoms with Crippen molar-refractivity contribution >= 4 is 23.3 Å². The minimum absolute atomic E-state index is 0.408. The number of hydrogen-bond acceptors (Lipinski definition) is 6. The van der Waals surface area contributed by atoms with Crippen molar-refractivity contribution in [3.05, 3.63) is 53.6 Å². The molecule has 114 valence electrons. The van der Waals surface area contributed by atoms with Crippen molar-refractivity contribution in [2.75, 3.05) is 0 Å². The van der Waals surface area contributed by atoms with Gasteiger partial charge in [-0.3, -0.25) is 0 Å². The lowest BCUT2D eigenvalue weighted by molar-refractivity contribution is 0.411. The molecule has 0 bridgehead atoms. The highest BCUT2D eigenvalue weighted by Crippen LogP contribution is 2.23. The van der Waals surface area contributed by atoms with Crippen LogP contribution in [0.5, 0.6) is 0 Å². The van der Waals surface area contributed by atoms with E-state index in [1.807, 2.05) is 44.2 Å². The van der Waals surface area contributed by atoms with E-state index in [-0.39, 0.29) is 0 Å². The summed E-state index contributed by atoms with van der Waals surface area (Å²) in [5.41, 5.74) is 2.33. The number of benzene rings is 1. The number of fused-ring (bicyclic) bond motifs is 1. The highest BCUT2D eigenvalue weighted by molar-refractivity contribution is 5.78. The van der Waals surface area contributed by atoms with Gasteiger partial charge < -0.3 is 13.4 Å². The number of rotatable bonds is 3. The molecule has 4 rings (SSSR count). The van der Waals surface area contributed by atoms with Crippen LogP contribution >= 0.6 is 0 Å². The summed E-state index contributed by atoms with van der Waals surface area (Å²) in [7, 11) is 0. The Balaban J connectivity index is 1.62. The van der Waals surface area contributed by atoms with Gasteiger partial charge in [-0.2, -0.15) is 4.98 Å². The number of aryl methyl sites for hydroxylation is 2. The Hall–Kier alpha value is -3.15. The van der Waals surface area contributed by atoms with Gasteiger partial charge in [-0.05, 0) is 43.3 Å². The van der Waals surface area contributed by atoms with Crippen LogP contribution in [0.25, 0.3) is 34.6 Å². The van der Waals surface area contributed by atoms with Crippen molar-refractivity contribution in [3.63, 3.8) is 0 Å². The second-order valence-electron chi connectivity index (χ2n) is 5.15. The van der Waals surface area contributed by atoms with E-state index in [0.29, 0.717) is 17.6 Å². The largest absolute Gasteiger partial charge is 0.462 e. The molecule has 0 unspecified atom stereocenters. The lowest BCUT2D eigenvalue weighted by Crippen LogP contribution is -1.81. The van der Waals surface area contributed by atoms with Crippen LogP contribution in [0.3, 0.4) is 0 Å². The first-order chi connectivity index (χ1) is 11.2. The van der Waals surface area contributed by atoms with Crippen LogP contribution in [-0.4, -0.2) is 15.1 Å². The van der Waals surface area contributed by atoms with Crippen LogP contribution in [0.1, 0.15) is 23.3 Å². The summed E-state index contributed by atoms with van der Waals surface area (Å²) in [5, 5.41) is 3.99. The summed E-state index contributed by atoms with van der Waals surface area (Å²) in [6.45, 7) is 3.71. The molecule has 3 heterocycles. The summed E-state index contributed by atoms with van der Waals surface area (Å²) in [5.74, 6) is 3.13. The number of furan rings is 1. The third-order valence-corrected chi connectivity index (χ3v) is 3.35. The minimum Gasteiger partial charge on any atom is -0.462 e. The van der Waals surface area contributed by atoms with Gasteiger partial charge in [-0.15, -0.1) is 0 Å². The monoisotopic (exact) mass is 307 g/mol. The molecule has 0 radical (unpaired) electrons. The normalized spacial score (nSPS) is 11.7. The van der Waals surface area contributed by atoms with Crippen LogP contribution in [0.15, 0.2) is 43.7 Å². The Labute approximate surface area is 131 Å². The Bertz CT molecular complexity index is 1010. The Morgan fingerprint density at radius 3 is 2.70 bits per heavy atom. The van der Waals surface area contributed by atoms with Gasteiger partial charge in [0, 0.05) is 18.6 Å². The van der Waals surface area contributed by atoms with Gasteiger partial charge >= 0.3 is 0 Å². The second-order valence-corrected chi connectivity index (χ2v) is 5.15. The summed E-state index contributed by atoms with van der Waals surface area (Å²) in [4.78, 5) is 8.66. The molecule has 6 heteroatoms. The molecule has 0 N–H and O–H groups in total. The van der Waals surface area contributed by atoms with Crippen LogP contribution < -0.4 is 0 Å². The highest BCUT2D eigenvalue weighted by atomic mass is 16.5. The molecular weight excluding hydrogens is 294 g/mol. The zero-order valence-corrected chi connectivity index (χ0v) is 12.6. The summed E-state index contributed by atoms with van der Waals surface area (Å²) in [6, 6.07) is 9.38. The van der Waals surface area contributed by atoms with Crippen molar-refractivity contribution in [2.24, 2.45) is 0 Å². The first kappa shape index (κ1) is 13.5. The molecule has 0 aliphatic carbocycles. The lowest BCUT2D eigenvalue weighted by Gasteiger charge is -1.92. The molecular formula is C17H13N3O3. The fourth-order valence-electron chi connectivity index (χ4n) is 2.30.